The summed E-state index contributed by atoms with van der Waals surface area (Å²) in [5.41, 5.74) is 0. The molecule has 110 valence electrons. The molecule has 0 spiro atoms. The predicted molar refractivity (Wildman–Crippen MR) is 75.0 cm³/mol. The largest absolute Gasteiger partial charge is 0.342 e. The van der Waals surface area contributed by atoms with Crippen molar-refractivity contribution in [3.05, 3.63) is 12.4 Å². The fourth-order valence-corrected chi connectivity index (χ4v) is 2.78. The molecule has 2 aliphatic rings. The summed E-state index contributed by atoms with van der Waals surface area (Å²) in [6.45, 7) is 3.61. The van der Waals surface area contributed by atoms with E-state index >= 15 is 0 Å². The van der Waals surface area contributed by atoms with Gasteiger partial charge in [0.15, 0.2) is 0 Å². The van der Waals surface area contributed by atoms with Crippen LogP contribution in [0.4, 0.5) is 0 Å². The highest BCUT2D eigenvalue weighted by Crippen LogP contribution is 2.30. The van der Waals surface area contributed by atoms with E-state index in [9.17, 15) is 4.79 Å². The number of nitrogens with zero attached hydrogens (tertiary/aromatic N) is 4. The molecule has 20 heavy (non-hydrogen) atoms. The normalized spacial score (nSPS) is 23.9. The highest BCUT2D eigenvalue weighted by Gasteiger charge is 2.28. The molecule has 1 amide bonds. The van der Waals surface area contributed by atoms with Gasteiger partial charge in [-0.05, 0) is 31.6 Å². The van der Waals surface area contributed by atoms with Gasteiger partial charge >= 0.3 is 0 Å². The van der Waals surface area contributed by atoms with Crippen LogP contribution in [0.3, 0.4) is 0 Å². The molecule has 1 atom stereocenters. The molecule has 2 fully saturated rings. The molecule has 1 saturated heterocycles. The van der Waals surface area contributed by atoms with Gasteiger partial charge in [-0.15, -0.1) is 5.10 Å². The molecule has 1 N–H and O–H groups in total. The van der Waals surface area contributed by atoms with Gasteiger partial charge in [-0.3, -0.25) is 9.48 Å². The van der Waals surface area contributed by atoms with Crippen molar-refractivity contribution in [2.24, 2.45) is 5.92 Å². The number of carbonyl (C=O) groups is 1. The molecule has 1 aliphatic carbocycles. The van der Waals surface area contributed by atoms with Crippen LogP contribution in [0, 0.1) is 5.92 Å². The van der Waals surface area contributed by atoms with Gasteiger partial charge in [-0.1, -0.05) is 5.21 Å². The van der Waals surface area contributed by atoms with Gasteiger partial charge < -0.3 is 10.2 Å². The molecule has 1 unspecified atom stereocenters. The maximum absolute atomic E-state index is 12.1. The van der Waals surface area contributed by atoms with E-state index in [1.165, 1.54) is 12.8 Å². The minimum absolute atomic E-state index is 0.345. The number of amides is 1. The average Bonchev–Trinajstić information content (AvgIpc) is 3.15. The number of carbonyl (C=O) groups excluding carboxylic acids is 1. The third kappa shape index (κ3) is 3.79. The summed E-state index contributed by atoms with van der Waals surface area (Å²) in [7, 11) is 0. The molecule has 2 heterocycles. The Hall–Kier alpha value is -1.43. The number of hydrogen-bond donors (Lipinski definition) is 1. The van der Waals surface area contributed by atoms with Crippen LogP contribution < -0.4 is 5.32 Å². The van der Waals surface area contributed by atoms with E-state index in [4.69, 9.17) is 0 Å². The zero-order chi connectivity index (χ0) is 13.8. The number of hydrogen-bond acceptors (Lipinski definition) is 4. The molecule has 6 nitrogen and oxygen atoms in total. The number of likely N-dealkylation sites (tertiary alicyclic amines) is 1. The van der Waals surface area contributed by atoms with E-state index in [0.29, 0.717) is 18.4 Å². The Labute approximate surface area is 119 Å². The minimum atomic E-state index is 0.345. The van der Waals surface area contributed by atoms with E-state index in [0.717, 1.165) is 44.9 Å². The number of aromatic nitrogens is 3. The smallest absolute Gasteiger partial charge is 0.222 e. The zero-order valence-corrected chi connectivity index (χ0v) is 11.9. The predicted octanol–water partition coefficient (Wildman–Crippen LogP) is 0.659. The molecule has 3 rings (SSSR count). The van der Waals surface area contributed by atoms with Crippen LogP contribution in [0.25, 0.3) is 0 Å². The molecule has 0 bridgehead atoms. The van der Waals surface area contributed by atoms with Crippen molar-refractivity contribution in [1.29, 1.82) is 0 Å². The minimum Gasteiger partial charge on any atom is -0.342 e. The SMILES string of the molecule is O=C1CCC(NCCn2ccnn2)CCN1CC1CC1. The van der Waals surface area contributed by atoms with Crippen LogP contribution in [-0.4, -0.2) is 51.5 Å². The summed E-state index contributed by atoms with van der Waals surface area (Å²) in [4.78, 5) is 14.1. The fraction of sp³-hybridized carbons (Fsp3) is 0.786. The summed E-state index contributed by atoms with van der Waals surface area (Å²) in [6.07, 6.45) is 8.89. The second-order valence-electron chi connectivity index (χ2n) is 5.93. The van der Waals surface area contributed by atoms with E-state index in [1.54, 1.807) is 6.20 Å². The van der Waals surface area contributed by atoms with Crippen molar-refractivity contribution in [2.45, 2.75) is 44.7 Å². The Morgan fingerprint density at radius 2 is 2.20 bits per heavy atom. The molecule has 1 aliphatic heterocycles. The topological polar surface area (TPSA) is 63.1 Å². The first kappa shape index (κ1) is 13.5. The Balaban J connectivity index is 1.40. The summed E-state index contributed by atoms with van der Waals surface area (Å²) in [5, 5.41) is 11.3. The van der Waals surface area contributed by atoms with Crippen LogP contribution in [0.2, 0.25) is 0 Å². The molecular formula is C14H23N5O. The molecule has 6 heteroatoms. The van der Waals surface area contributed by atoms with Crippen molar-refractivity contribution >= 4 is 5.91 Å². The van der Waals surface area contributed by atoms with Gasteiger partial charge in [0.1, 0.15) is 0 Å². The second kappa shape index (κ2) is 6.35. The van der Waals surface area contributed by atoms with Crippen LogP contribution in [0.15, 0.2) is 12.4 Å². The molecule has 1 saturated carbocycles. The lowest BCUT2D eigenvalue weighted by Crippen LogP contribution is -2.34. The van der Waals surface area contributed by atoms with Crippen LogP contribution in [-0.2, 0) is 11.3 Å². The van der Waals surface area contributed by atoms with Gasteiger partial charge in [-0.25, -0.2) is 0 Å². The Morgan fingerprint density at radius 3 is 2.95 bits per heavy atom. The van der Waals surface area contributed by atoms with Crippen LogP contribution >= 0.6 is 0 Å². The van der Waals surface area contributed by atoms with Gasteiger partial charge in [-0.2, -0.15) is 0 Å². The van der Waals surface area contributed by atoms with E-state index in [2.05, 4.69) is 20.5 Å². The molecule has 0 radical (unpaired) electrons. The van der Waals surface area contributed by atoms with Crippen molar-refractivity contribution in [3.8, 4) is 0 Å². The van der Waals surface area contributed by atoms with Crippen molar-refractivity contribution in [1.82, 2.24) is 25.2 Å². The van der Waals surface area contributed by atoms with E-state index in [-0.39, 0.29) is 0 Å². The monoisotopic (exact) mass is 277 g/mol. The van der Waals surface area contributed by atoms with Gasteiger partial charge in [0, 0.05) is 38.3 Å². The van der Waals surface area contributed by atoms with Crippen LogP contribution in [0.5, 0.6) is 0 Å². The molecule has 0 aromatic carbocycles. The third-order valence-electron chi connectivity index (χ3n) is 4.23. The lowest BCUT2D eigenvalue weighted by atomic mass is 10.1. The summed E-state index contributed by atoms with van der Waals surface area (Å²) < 4.78 is 1.83. The number of rotatable bonds is 6. The number of nitrogens with one attached hydrogen (secondary N) is 1. The van der Waals surface area contributed by atoms with Crippen molar-refractivity contribution in [2.75, 3.05) is 19.6 Å². The second-order valence-corrected chi connectivity index (χ2v) is 5.93. The lowest BCUT2D eigenvalue weighted by molar-refractivity contribution is -0.130. The van der Waals surface area contributed by atoms with Crippen molar-refractivity contribution < 1.29 is 4.79 Å². The average molecular weight is 277 g/mol. The molecule has 1 aromatic heterocycles. The highest BCUT2D eigenvalue weighted by molar-refractivity contribution is 5.76. The standard InChI is InChI=1S/C14H23N5O/c20-14-4-3-13(5-8-18(14)11-12-1-2-12)15-6-9-19-10-7-16-17-19/h7,10,12-13,15H,1-6,8-9,11H2. The quantitative estimate of drug-likeness (QED) is 0.829. The Kier molecular flexibility index (Phi) is 4.30. The molecular weight excluding hydrogens is 254 g/mol. The first-order valence-corrected chi connectivity index (χ1v) is 7.66. The Morgan fingerprint density at radius 1 is 1.30 bits per heavy atom. The van der Waals surface area contributed by atoms with Gasteiger partial charge in [0.05, 0.1) is 12.7 Å². The fourth-order valence-electron chi connectivity index (χ4n) is 2.78. The Bertz CT molecular complexity index is 429. The van der Waals surface area contributed by atoms with E-state index in [1.807, 2.05) is 10.9 Å². The highest BCUT2D eigenvalue weighted by atomic mass is 16.2. The maximum atomic E-state index is 12.1. The first-order chi connectivity index (χ1) is 9.81. The lowest BCUT2D eigenvalue weighted by Gasteiger charge is -2.20. The van der Waals surface area contributed by atoms with Gasteiger partial charge in [0.2, 0.25) is 5.91 Å². The van der Waals surface area contributed by atoms with E-state index < -0.39 is 0 Å². The third-order valence-corrected chi connectivity index (χ3v) is 4.23. The summed E-state index contributed by atoms with van der Waals surface area (Å²) in [6, 6.07) is 0.451. The van der Waals surface area contributed by atoms with Gasteiger partial charge in [0.25, 0.3) is 0 Å². The van der Waals surface area contributed by atoms with Crippen molar-refractivity contribution in [3.63, 3.8) is 0 Å². The molecule has 1 aromatic rings. The zero-order valence-electron chi connectivity index (χ0n) is 11.9. The van der Waals surface area contributed by atoms with Crippen LogP contribution in [0.1, 0.15) is 32.1 Å². The summed E-state index contributed by atoms with van der Waals surface area (Å²) >= 11 is 0. The first-order valence-electron chi connectivity index (χ1n) is 7.66. The maximum Gasteiger partial charge on any atom is 0.222 e. The summed E-state index contributed by atoms with van der Waals surface area (Å²) in [5.74, 6) is 1.13.